The maximum absolute atomic E-state index is 12.9. The Balaban J connectivity index is 2.55. The highest BCUT2D eigenvalue weighted by molar-refractivity contribution is 7.89. The number of hydrogen-bond donors (Lipinski definition) is 3. The molecule has 7 nitrogen and oxygen atoms in total. The molecule has 1 atom stereocenters. The van der Waals surface area contributed by atoms with Crippen molar-refractivity contribution >= 4 is 50.5 Å². The third kappa shape index (κ3) is 8.03. The van der Waals surface area contributed by atoms with Crippen LogP contribution in [0.2, 0.25) is 10.0 Å². The van der Waals surface area contributed by atoms with Crippen molar-refractivity contribution in [2.75, 3.05) is 6.54 Å². The minimum absolute atomic E-state index is 0.0160. The van der Waals surface area contributed by atoms with Gasteiger partial charge in [-0.05, 0) is 38.7 Å². The number of aromatic nitrogens is 1. The van der Waals surface area contributed by atoms with E-state index >= 15 is 0 Å². The van der Waals surface area contributed by atoms with Crippen molar-refractivity contribution < 1.29 is 31.5 Å². The van der Waals surface area contributed by atoms with Gasteiger partial charge in [0.15, 0.2) is 5.01 Å². The Morgan fingerprint density at radius 3 is 2.22 bits per heavy atom. The molecule has 0 fully saturated rings. The molecule has 0 saturated heterocycles. The summed E-state index contributed by atoms with van der Waals surface area (Å²) in [4.78, 5) is 17.0. The lowest BCUT2D eigenvalue weighted by Gasteiger charge is -2.19. The summed E-state index contributed by atoms with van der Waals surface area (Å²) in [6.07, 6.45) is -4.37. The highest BCUT2D eigenvalue weighted by atomic mass is 35.5. The molecule has 0 aliphatic rings. The first-order valence-electron chi connectivity index (χ1n) is 10.7. The lowest BCUT2D eigenvalue weighted by atomic mass is 9.89. The molecule has 0 saturated carbocycles. The first-order valence-corrected chi connectivity index (χ1v) is 13.8. The third-order valence-corrected chi connectivity index (χ3v) is 8.38. The summed E-state index contributed by atoms with van der Waals surface area (Å²) in [5.41, 5.74) is -0.596. The second kappa shape index (κ2) is 10.7. The van der Waals surface area contributed by atoms with Crippen LogP contribution in [0.4, 0.5) is 13.2 Å². The number of rotatable bonds is 8. The Hall–Kier alpha value is -1.44. The molecule has 14 heteroatoms. The van der Waals surface area contributed by atoms with E-state index in [2.05, 4.69) is 10.3 Å². The topological polar surface area (TPSA) is 108 Å². The fourth-order valence-electron chi connectivity index (χ4n) is 2.93. The molecule has 3 N–H and O–H groups in total. The zero-order valence-corrected chi connectivity index (χ0v) is 23.6. The van der Waals surface area contributed by atoms with Gasteiger partial charge in [-0.15, -0.1) is 11.3 Å². The number of halogens is 5. The van der Waals surface area contributed by atoms with Gasteiger partial charge in [0.05, 0.1) is 26.2 Å². The molecule has 1 heterocycles. The van der Waals surface area contributed by atoms with Crippen LogP contribution in [0.3, 0.4) is 0 Å². The van der Waals surface area contributed by atoms with Crippen molar-refractivity contribution in [2.45, 2.75) is 70.7 Å². The Kier molecular flexibility index (Phi) is 9.18. The van der Waals surface area contributed by atoms with E-state index in [1.165, 1.54) is 19.9 Å². The molecule has 1 aromatic carbocycles. The molecule has 1 aromatic heterocycles. The molecule has 0 aliphatic carbocycles. The molecule has 0 unspecified atom stereocenters. The van der Waals surface area contributed by atoms with Gasteiger partial charge in [-0.25, -0.2) is 13.4 Å². The molecule has 36 heavy (non-hydrogen) atoms. The van der Waals surface area contributed by atoms with Gasteiger partial charge in [0.2, 0.25) is 10.0 Å². The van der Waals surface area contributed by atoms with E-state index in [0.717, 1.165) is 17.4 Å². The quantitative estimate of drug-likeness (QED) is 0.380. The SMILES string of the molecule is C[C@H](NS(=O)(=O)c1ccc(-c2sc(C(=O)NCC(C)(C)O)nc2CC(C)(C)C)c(Cl)c1Cl)C(F)(F)F. The molecule has 2 aromatic rings. The summed E-state index contributed by atoms with van der Waals surface area (Å²) in [7, 11) is -4.65. The number of nitrogens with zero attached hydrogens (tertiary/aromatic N) is 1. The summed E-state index contributed by atoms with van der Waals surface area (Å²) >= 11 is 13.6. The molecular formula is C22H28Cl2F3N3O4S2. The lowest BCUT2D eigenvalue weighted by molar-refractivity contribution is -0.147. The molecule has 2 rings (SSSR count). The number of hydrogen-bond acceptors (Lipinski definition) is 6. The molecular weight excluding hydrogens is 562 g/mol. The maximum Gasteiger partial charge on any atom is 0.404 e. The average molecular weight is 591 g/mol. The van der Waals surface area contributed by atoms with Crippen LogP contribution in [-0.2, 0) is 16.4 Å². The van der Waals surface area contributed by atoms with Gasteiger partial charge in [-0.3, -0.25) is 4.79 Å². The smallest absolute Gasteiger partial charge is 0.389 e. The number of thiazole rings is 1. The van der Waals surface area contributed by atoms with Crippen molar-refractivity contribution in [1.29, 1.82) is 0 Å². The van der Waals surface area contributed by atoms with Crippen molar-refractivity contribution in [3.63, 3.8) is 0 Å². The Morgan fingerprint density at radius 2 is 1.72 bits per heavy atom. The van der Waals surface area contributed by atoms with Gasteiger partial charge >= 0.3 is 6.18 Å². The number of amides is 1. The van der Waals surface area contributed by atoms with E-state index in [-0.39, 0.29) is 27.6 Å². The minimum Gasteiger partial charge on any atom is -0.389 e. The number of aliphatic hydroxyl groups is 1. The van der Waals surface area contributed by atoms with Crippen LogP contribution in [0.25, 0.3) is 10.4 Å². The van der Waals surface area contributed by atoms with E-state index in [1.54, 1.807) is 4.72 Å². The Morgan fingerprint density at radius 1 is 1.14 bits per heavy atom. The van der Waals surface area contributed by atoms with E-state index in [9.17, 15) is 31.5 Å². The fourth-order valence-corrected chi connectivity index (χ4v) is 6.11. The second-order valence-corrected chi connectivity index (χ2v) is 13.6. The highest BCUT2D eigenvalue weighted by Crippen LogP contribution is 2.42. The van der Waals surface area contributed by atoms with Crippen LogP contribution in [0.15, 0.2) is 17.0 Å². The molecule has 0 spiro atoms. The molecule has 1 amide bonds. The van der Waals surface area contributed by atoms with Gasteiger partial charge in [0, 0.05) is 12.1 Å². The van der Waals surface area contributed by atoms with Crippen LogP contribution in [0, 0.1) is 5.41 Å². The average Bonchev–Trinajstić information content (AvgIpc) is 3.08. The predicted octanol–water partition coefficient (Wildman–Crippen LogP) is 5.44. The van der Waals surface area contributed by atoms with E-state index in [4.69, 9.17) is 23.2 Å². The molecule has 0 radical (unpaired) electrons. The first kappa shape index (κ1) is 30.8. The minimum atomic E-state index is -4.80. The Bertz CT molecular complexity index is 1230. The number of sulfonamides is 1. The van der Waals surface area contributed by atoms with E-state index < -0.39 is 43.7 Å². The number of carbonyl (C=O) groups is 1. The summed E-state index contributed by atoms with van der Waals surface area (Å²) in [6.45, 7) is 9.60. The summed E-state index contributed by atoms with van der Waals surface area (Å²) in [6, 6.07) is 0.0323. The van der Waals surface area contributed by atoms with E-state index in [0.29, 0.717) is 23.9 Å². The normalized spacial score (nSPS) is 14.1. The standard InChI is InChI=1S/C22H28Cl2F3N3O4S2/c1-11(22(25,26)27)30-36(33,34)14-8-7-12(15(23)16(14)24)17-13(9-20(2,3)4)29-19(35-17)18(31)28-10-21(5,6)32/h7-8,11,30,32H,9-10H2,1-6H3,(H,28,31)/t11-/m0/s1. The fraction of sp³-hybridized carbons (Fsp3) is 0.545. The van der Waals surface area contributed by atoms with Gasteiger partial charge < -0.3 is 10.4 Å². The molecule has 0 bridgehead atoms. The number of nitrogens with one attached hydrogen (secondary N) is 2. The largest absolute Gasteiger partial charge is 0.404 e. The first-order chi connectivity index (χ1) is 16.1. The number of alkyl halides is 3. The van der Waals surface area contributed by atoms with Crippen molar-refractivity contribution in [1.82, 2.24) is 15.0 Å². The van der Waals surface area contributed by atoms with Crippen LogP contribution < -0.4 is 10.0 Å². The van der Waals surface area contributed by atoms with Crippen molar-refractivity contribution in [3.8, 4) is 10.4 Å². The van der Waals surface area contributed by atoms with Crippen LogP contribution in [0.1, 0.15) is 57.0 Å². The van der Waals surface area contributed by atoms with Crippen molar-refractivity contribution in [3.05, 3.63) is 32.9 Å². The van der Waals surface area contributed by atoms with Crippen LogP contribution in [-0.4, -0.2) is 48.8 Å². The summed E-state index contributed by atoms with van der Waals surface area (Å²) < 4.78 is 65.4. The summed E-state index contributed by atoms with van der Waals surface area (Å²) in [5.74, 6) is -0.518. The van der Waals surface area contributed by atoms with Gasteiger partial charge in [0.25, 0.3) is 5.91 Å². The molecule has 202 valence electrons. The van der Waals surface area contributed by atoms with Gasteiger partial charge in [-0.2, -0.15) is 17.9 Å². The van der Waals surface area contributed by atoms with Gasteiger partial charge in [-0.1, -0.05) is 50.0 Å². The lowest BCUT2D eigenvalue weighted by Crippen LogP contribution is -2.43. The predicted molar refractivity (Wildman–Crippen MR) is 135 cm³/mol. The number of benzene rings is 1. The van der Waals surface area contributed by atoms with Crippen molar-refractivity contribution in [2.24, 2.45) is 5.41 Å². The van der Waals surface area contributed by atoms with Crippen LogP contribution >= 0.6 is 34.5 Å². The summed E-state index contributed by atoms with van der Waals surface area (Å²) in [5, 5.41) is 11.9. The maximum atomic E-state index is 12.9. The van der Waals surface area contributed by atoms with Crippen LogP contribution in [0.5, 0.6) is 0 Å². The monoisotopic (exact) mass is 589 g/mol. The number of carbonyl (C=O) groups excluding carboxylic acids is 1. The third-order valence-electron chi connectivity index (χ3n) is 4.67. The zero-order chi connectivity index (χ0) is 27.9. The highest BCUT2D eigenvalue weighted by Gasteiger charge is 2.39. The van der Waals surface area contributed by atoms with Gasteiger partial charge in [0.1, 0.15) is 10.9 Å². The Labute approximate surface area is 222 Å². The van der Waals surface area contributed by atoms with E-state index in [1.807, 2.05) is 20.8 Å². The zero-order valence-electron chi connectivity index (χ0n) is 20.5. The molecule has 0 aliphatic heterocycles. The second-order valence-electron chi connectivity index (χ2n) is 10.2.